The monoisotopic (exact) mass is 417 g/mol. The SMILES string of the molecule is CCOC(=O)C[C@H](CCCCl)N(Cc1ccc(OC)cc1)[C@@H](C)c1ccccc1. The quantitative estimate of drug-likeness (QED) is 0.333. The number of alkyl halides is 1. The van der Waals surface area contributed by atoms with Crippen LogP contribution in [0.25, 0.3) is 0 Å². The second-order valence-electron chi connectivity index (χ2n) is 7.10. The minimum absolute atomic E-state index is 0.0464. The molecule has 0 aliphatic rings. The van der Waals surface area contributed by atoms with E-state index in [0.29, 0.717) is 18.9 Å². The largest absolute Gasteiger partial charge is 0.497 e. The van der Waals surface area contributed by atoms with Gasteiger partial charge < -0.3 is 9.47 Å². The summed E-state index contributed by atoms with van der Waals surface area (Å²) in [6.45, 7) is 5.16. The summed E-state index contributed by atoms with van der Waals surface area (Å²) < 4.78 is 10.5. The van der Waals surface area contributed by atoms with Gasteiger partial charge in [0.15, 0.2) is 0 Å². The van der Waals surface area contributed by atoms with Crippen molar-refractivity contribution < 1.29 is 14.3 Å². The number of carbonyl (C=O) groups is 1. The molecule has 29 heavy (non-hydrogen) atoms. The average Bonchev–Trinajstić information content (AvgIpc) is 2.76. The molecule has 0 aliphatic carbocycles. The maximum absolute atomic E-state index is 12.3. The van der Waals surface area contributed by atoms with Crippen LogP contribution in [0.2, 0.25) is 0 Å². The fourth-order valence-corrected chi connectivity index (χ4v) is 3.71. The van der Waals surface area contributed by atoms with Gasteiger partial charge in [-0.3, -0.25) is 9.69 Å². The van der Waals surface area contributed by atoms with Crippen LogP contribution < -0.4 is 4.74 Å². The minimum Gasteiger partial charge on any atom is -0.497 e. The van der Waals surface area contributed by atoms with Crippen LogP contribution in [-0.2, 0) is 16.1 Å². The Kier molecular flexibility index (Phi) is 10.0. The maximum atomic E-state index is 12.3. The number of nitrogens with zero attached hydrogens (tertiary/aromatic N) is 1. The summed E-state index contributed by atoms with van der Waals surface area (Å²) in [4.78, 5) is 14.7. The van der Waals surface area contributed by atoms with Gasteiger partial charge in [-0.25, -0.2) is 0 Å². The van der Waals surface area contributed by atoms with Crippen molar-refractivity contribution in [3.8, 4) is 5.75 Å². The lowest BCUT2D eigenvalue weighted by atomic mass is 9.99. The van der Waals surface area contributed by atoms with Crippen molar-refractivity contribution in [2.24, 2.45) is 0 Å². The predicted octanol–water partition coefficient (Wildman–Crippen LogP) is 5.60. The van der Waals surface area contributed by atoms with Crippen molar-refractivity contribution in [2.45, 2.75) is 51.7 Å². The lowest BCUT2D eigenvalue weighted by Gasteiger charge is -2.36. The molecule has 0 bridgehead atoms. The lowest BCUT2D eigenvalue weighted by molar-refractivity contribution is -0.145. The van der Waals surface area contributed by atoms with Gasteiger partial charge in [0.05, 0.1) is 20.1 Å². The molecule has 0 radical (unpaired) electrons. The Balaban J connectivity index is 2.31. The van der Waals surface area contributed by atoms with E-state index in [4.69, 9.17) is 21.1 Å². The molecule has 0 unspecified atom stereocenters. The van der Waals surface area contributed by atoms with Gasteiger partial charge in [-0.1, -0.05) is 42.5 Å². The number of carbonyl (C=O) groups excluding carboxylic acids is 1. The Hall–Kier alpha value is -2.04. The fourth-order valence-electron chi connectivity index (χ4n) is 3.56. The summed E-state index contributed by atoms with van der Waals surface area (Å²) in [5.41, 5.74) is 2.40. The van der Waals surface area contributed by atoms with E-state index in [-0.39, 0.29) is 18.1 Å². The number of benzene rings is 2. The molecule has 0 N–H and O–H groups in total. The van der Waals surface area contributed by atoms with Gasteiger partial charge in [-0.05, 0) is 49.9 Å². The molecule has 2 aromatic carbocycles. The zero-order chi connectivity index (χ0) is 21.1. The second kappa shape index (κ2) is 12.5. The number of esters is 1. The highest BCUT2D eigenvalue weighted by atomic mass is 35.5. The predicted molar refractivity (Wildman–Crippen MR) is 118 cm³/mol. The zero-order valence-electron chi connectivity index (χ0n) is 17.6. The van der Waals surface area contributed by atoms with Gasteiger partial charge in [-0.2, -0.15) is 0 Å². The van der Waals surface area contributed by atoms with Crippen molar-refractivity contribution in [1.82, 2.24) is 4.90 Å². The first kappa shape index (κ1) is 23.2. The summed E-state index contributed by atoms with van der Waals surface area (Å²) in [6.07, 6.45) is 2.06. The van der Waals surface area contributed by atoms with Gasteiger partial charge in [0, 0.05) is 24.5 Å². The summed E-state index contributed by atoms with van der Waals surface area (Å²) in [6, 6.07) is 18.7. The maximum Gasteiger partial charge on any atom is 0.307 e. The molecular formula is C24H32ClNO3. The lowest BCUT2D eigenvalue weighted by Crippen LogP contribution is -2.39. The van der Waals surface area contributed by atoms with Crippen molar-refractivity contribution in [1.29, 1.82) is 0 Å². The van der Waals surface area contributed by atoms with Gasteiger partial charge in [-0.15, -0.1) is 11.6 Å². The summed E-state index contributed by atoms with van der Waals surface area (Å²) >= 11 is 5.99. The van der Waals surface area contributed by atoms with Crippen molar-refractivity contribution in [3.05, 3.63) is 65.7 Å². The molecule has 0 aliphatic heterocycles. The highest BCUT2D eigenvalue weighted by Gasteiger charge is 2.27. The Morgan fingerprint density at radius 1 is 1.10 bits per heavy atom. The first-order chi connectivity index (χ1) is 14.1. The summed E-state index contributed by atoms with van der Waals surface area (Å²) in [5.74, 6) is 1.25. The molecule has 2 aromatic rings. The molecule has 0 heterocycles. The number of rotatable bonds is 12. The van der Waals surface area contributed by atoms with E-state index < -0.39 is 0 Å². The number of ether oxygens (including phenoxy) is 2. The molecule has 0 saturated carbocycles. The van der Waals surface area contributed by atoms with Crippen LogP contribution in [0.4, 0.5) is 0 Å². The number of hydrogen-bond donors (Lipinski definition) is 0. The molecule has 0 spiro atoms. The van der Waals surface area contributed by atoms with Crippen LogP contribution in [-0.4, -0.2) is 36.5 Å². The van der Waals surface area contributed by atoms with Crippen molar-refractivity contribution in [2.75, 3.05) is 19.6 Å². The third-order valence-corrected chi connectivity index (χ3v) is 5.42. The zero-order valence-corrected chi connectivity index (χ0v) is 18.4. The van der Waals surface area contributed by atoms with Gasteiger partial charge in [0.25, 0.3) is 0 Å². The van der Waals surface area contributed by atoms with Gasteiger partial charge >= 0.3 is 5.97 Å². The molecule has 5 heteroatoms. The van der Waals surface area contributed by atoms with Crippen molar-refractivity contribution in [3.63, 3.8) is 0 Å². The standard InChI is InChI=1S/C24H32ClNO3/c1-4-29-24(27)17-22(11-8-16-25)26(19(2)21-9-6-5-7-10-21)18-20-12-14-23(28-3)15-13-20/h5-7,9-10,12-15,19,22H,4,8,11,16-18H2,1-3H3/t19-,22-/m0/s1. The van der Waals surface area contributed by atoms with E-state index in [1.54, 1.807) is 7.11 Å². The Morgan fingerprint density at radius 2 is 1.79 bits per heavy atom. The molecule has 0 fully saturated rings. The van der Waals surface area contributed by atoms with E-state index in [1.165, 1.54) is 11.1 Å². The normalized spacial score (nSPS) is 13.1. The average molecular weight is 418 g/mol. The van der Waals surface area contributed by atoms with Crippen LogP contribution in [0.1, 0.15) is 50.3 Å². The second-order valence-corrected chi connectivity index (χ2v) is 7.48. The first-order valence-electron chi connectivity index (χ1n) is 10.2. The van der Waals surface area contributed by atoms with E-state index in [9.17, 15) is 4.79 Å². The minimum atomic E-state index is -0.160. The molecule has 2 rings (SSSR count). The molecule has 0 aromatic heterocycles. The van der Waals surface area contributed by atoms with E-state index in [0.717, 1.165) is 25.1 Å². The number of halogens is 1. The van der Waals surface area contributed by atoms with E-state index in [2.05, 4.69) is 48.2 Å². The molecule has 0 amide bonds. The molecule has 2 atom stereocenters. The Bertz CT molecular complexity index is 721. The fraction of sp³-hybridized carbons (Fsp3) is 0.458. The summed E-state index contributed by atoms with van der Waals surface area (Å²) in [7, 11) is 1.67. The number of hydrogen-bond acceptors (Lipinski definition) is 4. The smallest absolute Gasteiger partial charge is 0.307 e. The van der Waals surface area contributed by atoms with E-state index >= 15 is 0 Å². The molecule has 4 nitrogen and oxygen atoms in total. The molecule has 0 saturated heterocycles. The Labute approximate surface area is 179 Å². The van der Waals surface area contributed by atoms with Crippen LogP contribution in [0.3, 0.4) is 0 Å². The third-order valence-electron chi connectivity index (χ3n) is 5.15. The third kappa shape index (κ3) is 7.37. The number of methoxy groups -OCH3 is 1. The van der Waals surface area contributed by atoms with Gasteiger partial charge in [0.1, 0.15) is 5.75 Å². The van der Waals surface area contributed by atoms with Crippen molar-refractivity contribution >= 4 is 17.6 Å². The highest BCUT2D eigenvalue weighted by molar-refractivity contribution is 6.17. The van der Waals surface area contributed by atoms with Crippen LogP contribution in [0.15, 0.2) is 54.6 Å². The topological polar surface area (TPSA) is 38.8 Å². The van der Waals surface area contributed by atoms with Crippen LogP contribution >= 0.6 is 11.6 Å². The first-order valence-corrected chi connectivity index (χ1v) is 10.8. The summed E-state index contributed by atoms with van der Waals surface area (Å²) in [5, 5.41) is 0. The highest BCUT2D eigenvalue weighted by Crippen LogP contribution is 2.29. The van der Waals surface area contributed by atoms with E-state index in [1.807, 2.05) is 25.1 Å². The molecular weight excluding hydrogens is 386 g/mol. The van der Waals surface area contributed by atoms with Crippen LogP contribution in [0.5, 0.6) is 5.75 Å². The molecule has 158 valence electrons. The Morgan fingerprint density at radius 3 is 2.38 bits per heavy atom. The van der Waals surface area contributed by atoms with Gasteiger partial charge in [0.2, 0.25) is 0 Å². The van der Waals surface area contributed by atoms with Crippen LogP contribution in [0, 0.1) is 0 Å².